The van der Waals surface area contributed by atoms with E-state index in [9.17, 15) is 45.4 Å². The molecule has 22 heteroatoms. The molecular formula is C54H79N6O14S2+. The van der Waals surface area contributed by atoms with Crippen LogP contribution < -0.4 is 25.8 Å². The Bertz CT molecular complexity index is 2720. The molecule has 0 radical (unpaired) electrons. The van der Waals surface area contributed by atoms with E-state index >= 15 is 0 Å². The highest BCUT2D eigenvalue weighted by Crippen LogP contribution is 2.39. The van der Waals surface area contributed by atoms with Crippen LogP contribution in [0.25, 0.3) is 11.6 Å². The Labute approximate surface area is 448 Å². The summed E-state index contributed by atoms with van der Waals surface area (Å²) in [5.41, 5.74) is 6.97. The first-order chi connectivity index (χ1) is 35.9. The molecule has 20 nitrogen and oxygen atoms in total. The minimum atomic E-state index is -5.14. The van der Waals surface area contributed by atoms with Gasteiger partial charge in [0.05, 0.1) is 25.3 Å². The van der Waals surface area contributed by atoms with Crippen molar-refractivity contribution in [2.75, 3.05) is 85.8 Å². The zero-order valence-electron chi connectivity index (χ0n) is 45.2. The molecule has 1 aliphatic heterocycles. The lowest BCUT2D eigenvalue weighted by atomic mass is 9.90. The standard InChI is InChI=1S/C37H48N4O11S2.C14H19NO2.C2H7N.CH4O/c1-6-40(7-2)28-13-9-26(10-14-28)36(27-11-15-29(16-12-27)51-8-3)30-21-31(33(54(48,49)50)22-32(30)53(45,46)47)52-24-35(44)41-19-17-39(18-20-41)23-34(43)38-37(4,5)25-42;1-11(2)9-10-15-14(17)8-5-12-3-6-13(16)7-4-12;1-2-3;1-2/h9-16,21-22,42H,6-8,17-20,23-25H2,1-5H3,(H2-,38,43,45,46,47,48,49,50);3-8,11,16H,9-10H2,1-2H3,(H,15,17);2-3H2,1H3;2H,1H3/p+1/b;8-5+;;. The average molecular weight is 1100 g/mol. The number of hydrogen-bond donors (Lipinski definition) is 8. The van der Waals surface area contributed by atoms with Crippen molar-refractivity contribution in [3.8, 4) is 17.2 Å². The lowest BCUT2D eigenvalue weighted by Gasteiger charge is -2.35. The number of carbonyl (C=O) groups excluding carboxylic acids is 3. The Hall–Kier alpha value is -6.24. The van der Waals surface area contributed by atoms with Gasteiger partial charge in [0.25, 0.3) is 26.1 Å². The molecule has 5 rings (SSSR count). The summed E-state index contributed by atoms with van der Waals surface area (Å²) in [5, 5.41) is 31.1. The van der Waals surface area contributed by atoms with Crippen molar-refractivity contribution >= 4 is 55.3 Å². The fraction of sp³-hybridized carbons (Fsp3) is 0.444. The normalized spacial score (nSPS) is 13.6. The Morgan fingerprint density at radius 1 is 0.829 bits per heavy atom. The topological polar surface area (TPSA) is 299 Å². The van der Waals surface area contributed by atoms with Crippen molar-refractivity contribution in [3.63, 3.8) is 0 Å². The zero-order chi connectivity index (χ0) is 57.2. The third kappa shape index (κ3) is 22.2. The van der Waals surface area contributed by atoms with Crippen LogP contribution in [0, 0.1) is 5.92 Å². The minimum absolute atomic E-state index is 0.0634. The second-order valence-electron chi connectivity index (χ2n) is 18.1. The molecule has 0 aromatic heterocycles. The number of hydrogen-bond acceptors (Lipinski definition) is 14. The van der Waals surface area contributed by atoms with Crippen LogP contribution in [0.5, 0.6) is 17.2 Å². The third-order valence-electron chi connectivity index (χ3n) is 11.3. The fourth-order valence-electron chi connectivity index (χ4n) is 7.40. The highest BCUT2D eigenvalue weighted by Gasteiger charge is 2.30. The molecule has 9 N–H and O–H groups in total. The maximum Gasteiger partial charge on any atom is 0.298 e. The second kappa shape index (κ2) is 32.4. The number of amides is 3. The molecule has 0 bridgehead atoms. The van der Waals surface area contributed by atoms with Gasteiger partial charge in [-0.2, -0.15) is 16.8 Å². The quantitative estimate of drug-likeness (QED) is 0.0437. The lowest BCUT2D eigenvalue weighted by Crippen LogP contribution is -2.54. The maximum atomic E-state index is 13.3. The summed E-state index contributed by atoms with van der Waals surface area (Å²) >= 11 is 0. The van der Waals surface area contributed by atoms with Crippen LogP contribution in [-0.2, 0) is 34.6 Å². The number of allylic oxidation sites excluding steroid dienone is 5. The molecular weight excluding hydrogens is 1020 g/mol. The van der Waals surface area contributed by atoms with Gasteiger partial charge in [-0.15, -0.1) is 0 Å². The molecule has 3 amide bonds. The van der Waals surface area contributed by atoms with Gasteiger partial charge >= 0.3 is 0 Å². The second-order valence-corrected chi connectivity index (χ2v) is 20.9. The SMILES string of the molecule is CC(C)CCNC(=O)/C=C/c1ccc(O)cc1.CCN.CCOc1ccc(C(=C2C=CC(=[N+](CC)CC)C=C2)c2cc(OCC(=O)N3CCN(CC(=O)NC(C)(C)CO)CC3)c(S(=O)(=O)O)cc2S(=O)(=O)O)cc1.CO. The van der Waals surface area contributed by atoms with Crippen molar-refractivity contribution in [2.24, 2.45) is 11.7 Å². The highest BCUT2D eigenvalue weighted by atomic mass is 32.2. The van der Waals surface area contributed by atoms with Crippen molar-refractivity contribution in [1.82, 2.24) is 20.4 Å². The van der Waals surface area contributed by atoms with Crippen molar-refractivity contribution in [1.29, 1.82) is 0 Å². The summed E-state index contributed by atoms with van der Waals surface area (Å²) in [6.07, 6.45) is 11.5. The molecule has 2 aliphatic rings. The van der Waals surface area contributed by atoms with Gasteiger partial charge in [-0.3, -0.25) is 28.4 Å². The Kier molecular flexibility index (Phi) is 28.1. The van der Waals surface area contributed by atoms with E-state index in [1.165, 1.54) is 11.0 Å². The fourth-order valence-corrected chi connectivity index (χ4v) is 8.82. The first kappa shape index (κ1) is 65.9. The number of aromatic hydroxyl groups is 1. The molecule has 0 unspecified atom stereocenters. The van der Waals surface area contributed by atoms with E-state index in [0.29, 0.717) is 55.1 Å². The van der Waals surface area contributed by atoms with Gasteiger partial charge in [-0.25, -0.2) is 4.58 Å². The number of ether oxygens (including phenoxy) is 2. The smallest absolute Gasteiger partial charge is 0.298 e. The van der Waals surface area contributed by atoms with Crippen LogP contribution in [0.1, 0.15) is 78.5 Å². The van der Waals surface area contributed by atoms with Crippen LogP contribution in [0.4, 0.5) is 0 Å². The van der Waals surface area contributed by atoms with Gasteiger partial charge in [0.15, 0.2) is 12.3 Å². The monoisotopic (exact) mass is 1100 g/mol. The van der Waals surface area contributed by atoms with Crippen LogP contribution in [0.3, 0.4) is 0 Å². The summed E-state index contributed by atoms with van der Waals surface area (Å²) in [6, 6.07) is 15.1. The van der Waals surface area contributed by atoms with Crippen LogP contribution >= 0.6 is 0 Å². The molecule has 1 aliphatic carbocycles. The molecule has 0 saturated carbocycles. The average Bonchev–Trinajstić information content (AvgIpc) is 3.37. The van der Waals surface area contributed by atoms with Crippen molar-refractivity contribution < 1.29 is 69.7 Å². The van der Waals surface area contributed by atoms with Crippen molar-refractivity contribution in [3.05, 3.63) is 113 Å². The first-order valence-corrected chi connectivity index (χ1v) is 27.8. The van der Waals surface area contributed by atoms with Gasteiger partial charge in [0, 0.05) is 63.6 Å². The summed E-state index contributed by atoms with van der Waals surface area (Å²) in [6.45, 7) is 19.1. The lowest BCUT2D eigenvalue weighted by molar-refractivity contribution is -0.519. The van der Waals surface area contributed by atoms with E-state index in [1.54, 1.807) is 80.6 Å². The summed E-state index contributed by atoms with van der Waals surface area (Å²) in [7, 11) is -9.26. The van der Waals surface area contributed by atoms with E-state index < -0.39 is 53.8 Å². The maximum absolute atomic E-state index is 13.3. The molecule has 1 saturated heterocycles. The number of phenols is 1. The number of nitrogens with one attached hydrogen (secondary N) is 2. The van der Waals surface area contributed by atoms with E-state index in [-0.39, 0.29) is 54.9 Å². The number of rotatable bonds is 20. The number of piperazine rings is 1. The summed E-state index contributed by atoms with van der Waals surface area (Å²) < 4.78 is 85.1. The Morgan fingerprint density at radius 2 is 1.39 bits per heavy atom. The van der Waals surface area contributed by atoms with E-state index in [0.717, 1.165) is 50.5 Å². The Morgan fingerprint density at radius 3 is 1.89 bits per heavy atom. The number of nitrogens with two attached hydrogens (primary N) is 1. The number of phenolic OH excluding ortho intramolecular Hbond substituents is 1. The molecule has 1 fully saturated rings. The number of benzene rings is 3. The van der Waals surface area contributed by atoms with Gasteiger partial charge < -0.3 is 46.1 Å². The van der Waals surface area contributed by atoms with E-state index in [4.69, 9.17) is 25.4 Å². The minimum Gasteiger partial charge on any atom is -0.508 e. The highest BCUT2D eigenvalue weighted by molar-refractivity contribution is 7.86. The largest absolute Gasteiger partial charge is 0.508 e. The zero-order valence-corrected chi connectivity index (χ0v) is 46.8. The Balaban J connectivity index is 0.000000749. The van der Waals surface area contributed by atoms with E-state index in [2.05, 4.69) is 29.1 Å². The van der Waals surface area contributed by atoms with Crippen molar-refractivity contribution in [2.45, 2.75) is 77.1 Å². The van der Waals surface area contributed by atoms with Gasteiger partial charge in [-0.05, 0) is 130 Å². The third-order valence-corrected chi connectivity index (χ3v) is 13.0. The molecule has 3 aromatic rings. The molecule has 420 valence electrons. The number of aliphatic hydroxyl groups is 2. The molecule has 1 heterocycles. The molecule has 0 atom stereocenters. The van der Waals surface area contributed by atoms with Crippen LogP contribution in [0.15, 0.2) is 106 Å². The number of aliphatic hydroxyl groups excluding tert-OH is 2. The summed E-state index contributed by atoms with van der Waals surface area (Å²) in [4.78, 5) is 38.7. The van der Waals surface area contributed by atoms with E-state index in [1.807, 2.05) is 44.7 Å². The number of nitrogens with zero attached hydrogens (tertiary/aromatic N) is 3. The number of carbonyl (C=O) groups is 3. The van der Waals surface area contributed by atoms with Gasteiger partial charge in [-0.1, -0.05) is 45.0 Å². The predicted molar refractivity (Wildman–Crippen MR) is 295 cm³/mol. The van der Waals surface area contributed by atoms with Crippen LogP contribution in [0.2, 0.25) is 0 Å². The van der Waals surface area contributed by atoms with Gasteiger partial charge in [0.2, 0.25) is 11.8 Å². The molecule has 76 heavy (non-hydrogen) atoms. The van der Waals surface area contributed by atoms with Gasteiger partial charge in [0.1, 0.15) is 40.1 Å². The first-order valence-electron chi connectivity index (χ1n) is 24.9. The molecule has 3 aromatic carbocycles. The molecule has 0 spiro atoms. The summed E-state index contributed by atoms with van der Waals surface area (Å²) in [5.74, 6) is -0.0337. The predicted octanol–water partition coefficient (Wildman–Crippen LogP) is 4.55. The van der Waals surface area contributed by atoms with Crippen LogP contribution in [-0.4, -0.2) is 170 Å².